The largest absolute Gasteiger partial charge is 0.363 e. The fourth-order valence-electron chi connectivity index (χ4n) is 3.22. The second-order valence-corrected chi connectivity index (χ2v) is 6.32. The van der Waals surface area contributed by atoms with Crippen molar-refractivity contribution in [3.8, 4) is 6.07 Å². The van der Waals surface area contributed by atoms with E-state index in [1.54, 1.807) is 6.07 Å². The smallest absolute Gasteiger partial charge is 0.292 e. The molecule has 25 heavy (non-hydrogen) atoms. The van der Waals surface area contributed by atoms with Crippen molar-refractivity contribution in [3.05, 3.63) is 69.3 Å². The molecule has 1 heterocycles. The number of hydrogen-bond acceptors (Lipinski definition) is 5. The molecule has 0 radical (unpaired) electrons. The summed E-state index contributed by atoms with van der Waals surface area (Å²) in [5.41, 5.74) is 3.58. The zero-order valence-electron chi connectivity index (χ0n) is 14.2. The number of nitriles is 1. The van der Waals surface area contributed by atoms with Crippen LogP contribution >= 0.6 is 0 Å². The molecule has 1 saturated heterocycles. The number of nitrogens with zero attached hydrogens (tertiary/aromatic N) is 4. The second-order valence-electron chi connectivity index (χ2n) is 6.32. The average molecular weight is 336 g/mol. The Kier molecular flexibility index (Phi) is 4.96. The van der Waals surface area contributed by atoms with Gasteiger partial charge in [0, 0.05) is 38.8 Å². The lowest BCUT2D eigenvalue weighted by Crippen LogP contribution is -2.46. The van der Waals surface area contributed by atoms with E-state index in [1.807, 2.05) is 4.90 Å². The number of aryl methyl sites for hydroxylation is 1. The maximum atomic E-state index is 11.3. The molecule has 0 amide bonds. The second kappa shape index (κ2) is 7.32. The fraction of sp³-hybridized carbons (Fsp3) is 0.316. The minimum absolute atomic E-state index is 0.0612. The monoisotopic (exact) mass is 336 g/mol. The van der Waals surface area contributed by atoms with E-state index in [-0.39, 0.29) is 10.6 Å². The van der Waals surface area contributed by atoms with Gasteiger partial charge in [0.2, 0.25) is 0 Å². The van der Waals surface area contributed by atoms with Gasteiger partial charge in [-0.2, -0.15) is 5.26 Å². The summed E-state index contributed by atoms with van der Waals surface area (Å²) in [6.07, 6.45) is 0. The van der Waals surface area contributed by atoms with Crippen LogP contribution in [0.25, 0.3) is 0 Å². The predicted molar refractivity (Wildman–Crippen MR) is 96.5 cm³/mol. The van der Waals surface area contributed by atoms with Crippen LogP contribution in [-0.2, 0) is 6.54 Å². The molecular formula is C19H20N4O2. The number of hydrogen-bond donors (Lipinski definition) is 0. The van der Waals surface area contributed by atoms with E-state index < -0.39 is 0 Å². The molecule has 0 atom stereocenters. The van der Waals surface area contributed by atoms with Crippen molar-refractivity contribution in [1.29, 1.82) is 5.26 Å². The van der Waals surface area contributed by atoms with E-state index in [1.165, 1.54) is 23.3 Å². The van der Waals surface area contributed by atoms with Crippen molar-refractivity contribution in [2.45, 2.75) is 13.5 Å². The molecule has 0 spiro atoms. The summed E-state index contributed by atoms with van der Waals surface area (Å²) in [6, 6.07) is 15.1. The van der Waals surface area contributed by atoms with Crippen LogP contribution in [0.15, 0.2) is 42.5 Å². The first kappa shape index (κ1) is 16.9. The van der Waals surface area contributed by atoms with Gasteiger partial charge in [-0.3, -0.25) is 15.0 Å². The summed E-state index contributed by atoms with van der Waals surface area (Å²) in [7, 11) is 0. The van der Waals surface area contributed by atoms with Crippen LogP contribution < -0.4 is 4.90 Å². The molecule has 6 nitrogen and oxygen atoms in total. The first-order valence-electron chi connectivity index (χ1n) is 8.28. The van der Waals surface area contributed by atoms with E-state index in [2.05, 4.69) is 42.2 Å². The van der Waals surface area contributed by atoms with Crippen LogP contribution in [-0.4, -0.2) is 36.0 Å². The molecular weight excluding hydrogens is 316 g/mol. The molecule has 6 heteroatoms. The molecule has 3 rings (SSSR count). The van der Waals surface area contributed by atoms with E-state index >= 15 is 0 Å². The Hall–Kier alpha value is -2.91. The minimum Gasteiger partial charge on any atom is -0.363 e. The molecule has 2 aromatic carbocycles. The van der Waals surface area contributed by atoms with Gasteiger partial charge in [-0.25, -0.2) is 0 Å². The highest BCUT2D eigenvalue weighted by molar-refractivity contribution is 5.66. The number of rotatable bonds is 4. The summed E-state index contributed by atoms with van der Waals surface area (Å²) in [4.78, 5) is 15.3. The van der Waals surface area contributed by atoms with Crippen molar-refractivity contribution in [3.63, 3.8) is 0 Å². The van der Waals surface area contributed by atoms with Gasteiger partial charge in [-0.15, -0.1) is 0 Å². The summed E-state index contributed by atoms with van der Waals surface area (Å²) in [6.45, 7) is 6.06. The quantitative estimate of drug-likeness (QED) is 0.633. The summed E-state index contributed by atoms with van der Waals surface area (Å²) < 4.78 is 0. The van der Waals surface area contributed by atoms with Crippen molar-refractivity contribution >= 4 is 11.4 Å². The fourth-order valence-corrected chi connectivity index (χ4v) is 3.22. The number of benzene rings is 2. The van der Waals surface area contributed by atoms with Crippen LogP contribution in [0.1, 0.15) is 16.7 Å². The van der Waals surface area contributed by atoms with Gasteiger partial charge in [0.25, 0.3) is 5.69 Å². The summed E-state index contributed by atoms with van der Waals surface area (Å²) >= 11 is 0. The van der Waals surface area contributed by atoms with Crippen molar-refractivity contribution in [2.24, 2.45) is 0 Å². The Morgan fingerprint density at radius 2 is 1.92 bits per heavy atom. The number of nitro benzene ring substituents is 1. The first-order valence-corrected chi connectivity index (χ1v) is 8.28. The lowest BCUT2D eigenvalue weighted by atomic mass is 10.1. The maximum absolute atomic E-state index is 11.3. The molecule has 2 aromatic rings. The Morgan fingerprint density at radius 1 is 1.16 bits per heavy atom. The van der Waals surface area contributed by atoms with Gasteiger partial charge in [-0.1, -0.05) is 29.8 Å². The Bertz CT molecular complexity index is 820. The third-order valence-electron chi connectivity index (χ3n) is 4.50. The Morgan fingerprint density at radius 3 is 2.56 bits per heavy atom. The highest BCUT2D eigenvalue weighted by Crippen LogP contribution is 2.30. The molecule has 0 bridgehead atoms. The molecule has 0 unspecified atom stereocenters. The third kappa shape index (κ3) is 3.95. The highest BCUT2D eigenvalue weighted by Gasteiger charge is 2.24. The van der Waals surface area contributed by atoms with Crippen molar-refractivity contribution in [2.75, 3.05) is 31.1 Å². The van der Waals surface area contributed by atoms with Crippen molar-refractivity contribution < 1.29 is 4.92 Å². The Balaban J connectivity index is 1.70. The van der Waals surface area contributed by atoms with Gasteiger partial charge in [0.1, 0.15) is 5.69 Å². The molecule has 0 aromatic heterocycles. The SMILES string of the molecule is Cc1cccc(CN2CCN(c3cc(C#N)ccc3[N+](=O)[O-])CC2)c1. The first-order chi connectivity index (χ1) is 12.1. The normalized spacial score (nSPS) is 15.0. The predicted octanol–water partition coefficient (Wildman–Crippen LogP) is 3.10. The van der Waals surface area contributed by atoms with Crippen LogP contribution in [0.4, 0.5) is 11.4 Å². The lowest BCUT2D eigenvalue weighted by Gasteiger charge is -2.35. The van der Waals surface area contributed by atoms with Gasteiger partial charge in [0.05, 0.1) is 16.6 Å². The standard InChI is InChI=1S/C19H20N4O2/c1-15-3-2-4-17(11-15)14-21-7-9-22(10-8-21)19-12-16(13-20)5-6-18(19)23(24)25/h2-6,11-12H,7-10,14H2,1H3. The summed E-state index contributed by atoms with van der Waals surface area (Å²) in [5.74, 6) is 0. The lowest BCUT2D eigenvalue weighted by molar-refractivity contribution is -0.384. The zero-order valence-corrected chi connectivity index (χ0v) is 14.2. The molecule has 1 aliphatic heterocycles. The molecule has 128 valence electrons. The van der Waals surface area contributed by atoms with E-state index in [9.17, 15) is 10.1 Å². The Labute approximate surface area is 147 Å². The number of nitro groups is 1. The minimum atomic E-state index is -0.379. The maximum Gasteiger partial charge on any atom is 0.292 e. The van der Waals surface area contributed by atoms with Crippen LogP contribution in [0.5, 0.6) is 0 Å². The number of anilines is 1. The molecule has 0 N–H and O–H groups in total. The van der Waals surface area contributed by atoms with Gasteiger partial charge in [-0.05, 0) is 24.6 Å². The zero-order chi connectivity index (χ0) is 17.8. The van der Waals surface area contributed by atoms with Crippen molar-refractivity contribution in [1.82, 2.24) is 4.90 Å². The molecule has 0 saturated carbocycles. The van der Waals surface area contributed by atoms with E-state index in [0.29, 0.717) is 24.3 Å². The topological polar surface area (TPSA) is 73.4 Å². The van der Waals surface area contributed by atoms with E-state index in [4.69, 9.17) is 5.26 Å². The molecule has 1 fully saturated rings. The van der Waals surface area contributed by atoms with Crippen LogP contribution in [0, 0.1) is 28.4 Å². The van der Waals surface area contributed by atoms with Gasteiger partial charge < -0.3 is 4.90 Å². The third-order valence-corrected chi connectivity index (χ3v) is 4.50. The summed E-state index contributed by atoms with van der Waals surface area (Å²) in [5, 5.41) is 20.4. The number of piperazine rings is 1. The highest BCUT2D eigenvalue weighted by atomic mass is 16.6. The van der Waals surface area contributed by atoms with Crippen LogP contribution in [0.3, 0.4) is 0 Å². The average Bonchev–Trinajstić information content (AvgIpc) is 2.62. The van der Waals surface area contributed by atoms with E-state index in [0.717, 1.165) is 19.6 Å². The van der Waals surface area contributed by atoms with Gasteiger partial charge >= 0.3 is 0 Å². The molecule has 0 aliphatic carbocycles. The molecule has 1 aliphatic rings. The van der Waals surface area contributed by atoms with Crippen LogP contribution in [0.2, 0.25) is 0 Å². The van der Waals surface area contributed by atoms with Gasteiger partial charge in [0.15, 0.2) is 0 Å².